The zero-order valence-electron chi connectivity index (χ0n) is 16.1. The molecule has 4 heteroatoms. The summed E-state index contributed by atoms with van der Waals surface area (Å²) in [6.45, 7) is 0. The molecule has 3 aromatic carbocycles. The van der Waals surface area contributed by atoms with Crippen LogP contribution in [-0.2, 0) is 0 Å². The van der Waals surface area contributed by atoms with Crippen molar-refractivity contribution < 1.29 is 4.74 Å². The molecular weight excluding hydrogens is 358 g/mol. The molecule has 0 saturated carbocycles. The number of methoxy groups -OCH3 is 1. The van der Waals surface area contributed by atoms with Gasteiger partial charge in [-0.3, -0.25) is 0 Å². The summed E-state index contributed by atoms with van der Waals surface area (Å²) < 4.78 is 5.42. The Morgan fingerprint density at radius 1 is 0.793 bits per heavy atom. The minimum Gasteiger partial charge on any atom is -0.495 e. The molecule has 4 rings (SSSR count). The zero-order chi connectivity index (χ0) is 19.9. The molecule has 4 nitrogen and oxygen atoms in total. The first-order valence-electron chi connectivity index (χ1n) is 9.39. The largest absolute Gasteiger partial charge is 0.495 e. The normalized spacial score (nSPS) is 10.2. The van der Waals surface area contributed by atoms with Gasteiger partial charge in [-0.15, -0.1) is 0 Å². The number of nitrogens with zero attached hydrogens (tertiary/aromatic N) is 2. The molecule has 0 fully saturated rings. The van der Waals surface area contributed by atoms with Gasteiger partial charge in [0.1, 0.15) is 5.75 Å². The van der Waals surface area contributed by atoms with Crippen LogP contribution in [-0.4, -0.2) is 17.8 Å². The Balaban J connectivity index is 1.71. The Morgan fingerprint density at radius 2 is 1.41 bits per heavy atom. The number of nitrogens with one attached hydrogen (secondary N) is 1. The molecule has 4 aromatic rings. The predicted molar refractivity (Wildman–Crippen MR) is 119 cm³/mol. The van der Waals surface area contributed by atoms with E-state index in [2.05, 4.69) is 34.6 Å². The Labute approximate surface area is 170 Å². The lowest BCUT2D eigenvalue weighted by Crippen LogP contribution is -2.03. The van der Waals surface area contributed by atoms with Crippen LogP contribution in [0.4, 0.5) is 17.2 Å². The molecule has 0 unspecified atom stereocenters. The van der Waals surface area contributed by atoms with Gasteiger partial charge in [0.05, 0.1) is 18.5 Å². The average Bonchev–Trinajstić information content (AvgIpc) is 2.79. The molecule has 29 heavy (non-hydrogen) atoms. The lowest BCUT2D eigenvalue weighted by atomic mass is 10.0. The third-order valence-electron chi connectivity index (χ3n) is 4.45. The zero-order valence-corrected chi connectivity index (χ0v) is 16.1. The highest BCUT2D eigenvalue weighted by Gasteiger charge is 2.08. The molecule has 0 bridgehead atoms. The molecule has 142 valence electrons. The lowest BCUT2D eigenvalue weighted by Gasteiger charge is -2.11. The van der Waals surface area contributed by atoms with Crippen LogP contribution in [0.15, 0.2) is 108 Å². The summed E-state index contributed by atoms with van der Waals surface area (Å²) in [5.41, 5.74) is 4.76. The fraction of sp³-hybridized carbons (Fsp3) is 0.0400. The van der Waals surface area contributed by atoms with Crippen molar-refractivity contribution >= 4 is 22.9 Å². The smallest absolute Gasteiger partial charge is 0.154 e. The molecule has 0 atom stereocenters. The van der Waals surface area contributed by atoms with E-state index in [9.17, 15) is 0 Å². The molecule has 0 radical (unpaired) electrons. The van der Waals surface area contributed by atoms with Crippen molar-refractivity contribution in [1.29, 1.82) is 0 Å². The van der Waals surface area contributed by atoms with E-state index in [0.717, 1.165) is 34.0 Å². The third kappa shape index (κ3) is 4.50. The van der Waals surface area contributed by atoms with E-state index in [4.69, 9.17) is 9.73 Å². The number of ether oxygens (including phenoxy) is 1. The van der Waals surface area contributed by atoms with Crippen molar-refractivity contribution in [3.8, 4) is 5.75 Å². The number of pyridine rings is 1. The highest BCUT2D eigenvalue weighted by molar-refractivity contribution is 6.13. The Bertz CT molecular complexity index is 1070. The predicted octanol–water partition coefficient (Wildman–Crippen LogP) is 6.00. The molecule has 1 aromatic heterocycles. The molecule has 0 aliphatic carbocycles. The first-order chi connectivity index (χ1) is 14.3. The standard InChI is InChI=1S/C25H21N3O/c1-29-23-15-9-8-14-22(23)27-21-16-17-26-24(18-21)28-25(19-10-4-2-5-11-19)20-12-6-3-7-13-20/h2-18H,1H3,(H,26,27). The number of aliphatic imine (C=N–C) groups is 1. The average molecular weight is 379 g/mol. The quantitative estimate of drug-likeness (QED) is 0.418. The van der Waals surface area contributed by atoms with Crippen LogP contribution in [0, 0.1) is 0 Å². The van der Waals surface area contributed by atoms with Crippen molar-refractivity contribution in [2.75, 3.05) is 12.4 Å². The van der Waals surface area contributed by atoms with Gasteiger partial charge in [-0.25, -0.2) is 9.98 Å². The van der Waals surface area contributed by atoms with E-state index in [1.807, 2.05) is 72.8 Å². The summed E-state index contributed by atoms with van der Waals surface area (Å²) in [5.74, 6) is 1.41. The maximum atomic E-state index is 5.42. The van der Waals surface area contributed by atoms with Crippen LogP contribution in [0.3, 0.4) is 0 Å². The molecule has 0 spiro atoms. The van der Waals surface area contributed by atoms with Crippen LogP contribution in [0.5, 0.6) is 5.75 Å². The topological polar surface area (TPSA) is 46.5 Å². The van der Waals surface area contributed by atoms with E-state index in [0.29, 0.717) is 5.82 Å². The first-order valence-corrected chi connectivity index (χ1v) is 9.39. The van der Waals surface area contributed by atoms with Gasteiger partial charge in [-0.05, 0) is 18.2 Å². The van der Waals surface area contributed by atoms with Crippen LogP contribution >= 0.6 is 0 Å². The number of hydrogen-bond acceptors (Lipinski definition) is 4. The van der Waals surface area contributed by atoms with Crippen molar-refractivity contribution in [3.05, 3.63) is 114 Å². The molecule has 1 N–H and O–H groups in total. The molecule has 0 amide bonds. The van der Waals surface area contributed by atoms with Gasteiger partial charge in [0.2, 0.25) is 0 Å². The van der Waals surface area contributed by atoms with Gasteiger partial charge in [-0.1, -0.05) is 72.8 Å². The number of rotatable bonds is 6. The second kappa shape index (κ2) is 8.85. The van der Waals surface area contributed by atoms with Crippen molar-refractivity contribution in [1.82, 2.24) is 4.98 Å². The van der Waals surface area contributed by atoms with Crippen molar-refractivity contribution in [3.63, 3.8) is 0 Å². The monoisotopic (exact) mass is 379 g/mol. The van der Waals surface area contributed by atoms with E-state index in [1.54, 1.807) is 13.3 Å². The van der Waals surface area contributed by atoms with E-state index in [1.165, 1.54) is 0 Å². The number of aromatic nitrogens is 1. The maximum absolute atomic E-state index is 5.42. The molecule has 1 heterocycles. The Morgan fingerprint density at radius 3 is 2.07 bits per heavy atom. The summed E-state index contributed by atoms with van der Waals surface area (Å²) >= 11 is 0. The Hall–Kier alpha value is -3.92. The second-order valence-electron chi connectivity index (χ2n) is 6.42. The highest BCUT2D eigenvalue weighted by Crippen LogP contribution is 2.28. The van der Waals surface area contributed by atoms with Crippen LogP contribution in [0.1, 0.15) is 11.1 Å². The van der Waals surface area contributed by atoms with Gasteiger partial charge >= 0.3 is 0 Å². The number of hydrogen-bond donors (Lipinski definition) is 1. The summed E-state index contributed by atoms with van der Waals surface area (Å²) in [6, 6.07) is 31.9. The number of benzene rings is 3. The number of para-hydroxylation sites is 2. The maximum Gasteiger partial charge on any atom is 0.154 e. The van der Waals surface area contributed by atoms with Gasteiger partial charge in [0.25, 0.3) is 0 Å². The minimum atomic E-state index is 0.632. The Kier molecular flexibility index (Phi) is 5.63. The fourth-order valence-corrected chi connectivity index (χ4v) is 3.06. The minimum absolute atomic E-state index is 0.632. The molecule has 0 aliphatic heterocycles. The molecule has 0 saturated heterocycles. The van der Waals surface area contributed by atoms with Gasteiger partial charge in [0, 0.05) is 29.1 Å². The van der Waals surface area contributed by atoms with E-state index >= 15 is 0 Å². The highest BCUT2D eigenvalue weighted by atomic mass is 16.5. The van der Waals surface area contributed by atoms with Crippen LogP contribution in [0.25, 0.3) is 0 Å². The van der Waals surface area contributed by atoms with Gasteiger partial charge < -0.3 is 10.1 Å². The molecular formula is C25H21N3O. The number of anilines is 2. The lowest BCUT2D eigenvalue weighted by molar-refractivity contribution is 0.417. The van der Waals surface area contributed by atoms with Gasteiger partial charge in [-0.2, -0.15) is 0 Å². The van der Waals surface area contributed by atoms with Crippen molar-refractivity contribution in [2.45, 2.75) is 0 Å². The molecule has 0 aliphatic rings. The SMILES string of the molecule is COc1ccccc1Nc1ccnc(N=C(c2ccccc2)c2ccccc2)c1. The van der Waals surface area contributed by atoms with Crippen LogP contribution < -0.4 is 10.1 Å². The first kappa shape index (κ1) is 18.4. The van der Waals surface area contributed by atoms with Crippen molar-refractivity contribution in [2.24, 2.45) is 4.99 Å². The van der Waals surface area contributed by atoms with Gasteiger partial charge in [0.15, 0.2) is 5.82 Å². The summed E-state index contributed by atoms with van der Waals surface area (Å²) in [5, 5.41) is 3.38. The van der Waals surface area contributed by atoms with Crippen LogP contribution in [0.2, 0.25) is 0 Å². The second-order valence-corrected chi connectivity index (χ2v) is 6.42. The van der Waals surface area contributed by atoms with E-state index in [-0.39, 0.29) is 0 Å². The summed E-state index contributed by atoms with van der Waals surface area (Å²) in [7, 11) is 1.66. The van der Waals surface area contributed by atoms with E-state index < -0.39 is 0 Å². The summed E-state index contributed by atoms with van der Waals surface area (Å²) in [4.78, 5) is 9.33. The summed E-state index contributed by atoms with van der Waals surface area (Å²) in [6.07, 6.45) is 1.75. The fourth-order valence-electron chi connectivity index (χ4n) is 3.06. The third-order valence-corrected chi connectivity index (χ3v) is 4.45.